The maximum Gasteiger partial charge on any atom is 0.309 e. The lowest BCUT2D eigenvalue weighted by Gasteiger charge is -2.22. The monoisotopic (exact) mass is 246 g/mol. The summed E-state index contributed by atoms with van der Waals surface area (Å²) in [6.45, 7) is 1.72. The molecule has 16 heavy (non-hydrogen) atoms. The maximum absolute atomic E-state index is 11.3. The van der Waals surface area contributed by atoms with Crippen molar-refractivity contribution < 1.29 is 14.7 Å². The van der Waals surface area contributed by atoms with Crippen LogP contribution < -0.4 is 10.6 Å². The quantitative estimate of drug-likeness (QED) is 0.571. The van der Waals surface area contributed by atoms with Gasteiger partial charge in [0.05, 0.1) is 5.60 Å². The van der Waals surface area contributed by atoms with Crippen LogP contribution in [0, 0.1) is 0 Å². The van der Waals surface area contributed by atoms with Gasteiger partial charge >= 0.3 is 11.8 Å². The number of nitrogens with one attached hydrogen (secondary N) is 2. The summed E-state index contributed by atoms with van der Waals surface area (Å²) in [4.78, 5) is 22.6. The number of rotatable bonds is 5. The van der Waals surface area contributed by atoms with Gasteiger partial charge in [0.2, 0.25) is 0 Å². The van der Waals surface area contributed by atoms with E-state index in [1.54, 1.807) is 6.92 Å². The Balaban J connectivity index is 2.24. The van der Waals surface area contributed by atoms with Gasteiger partial charge in [0.1, 0.15) is 0 Å². The lowest BCUT2D eigenvalue weighted by molar-refractivity contribution is -0.139. The molecule has 0 saturated heterocycles. The lowest BCUT2D eigenvalue weighted by Crippen LogP contribution is -2.47. The highest BCUT2D eigenvalue weighted by atomic mass is 32.2. The third kappa shape index (κ3) is 4.85. The van der Waals surface area contributed by atoms with E-state index < -0.39 is 17.4 Å². The molecule has 1 aliphatic carbocycles. The van der Waals surface area contributed by atoms with Gasteiger partial charge in [-0.1, -0.05) is 0 Å². The molecular formula is C10H18N2O3S. The van der Waals surface area contributed by atoms with Crippen molar-refractivity contribution in [2.75, 3.05) is 18.6 Å². The number of carbonyl (C=O) groups excluding carboxylic acids is 2. The fourth-order valence-electron chi connectivity index (χ4n) is 1.19. The van der Waals surface area contributed by atoms with Crippen LogP contribution in [-0.4, -0.2) is 47.1 Å². The number of hydrogen-bond donors (Lipinski definition) is 3. The largest absolute Gasteiger partial charge is 0.387 e. The molecule has 1 fully saturated rings. The maximum atomic E-state index is 11.3. The minimum absolute atomic E-state index is 0.0881. The molecule has 6 heteroatoms. The molecule has 0 aromatic rings. The van der Waals surface area contributed by atoms with E-state index in [0.29, 0.717) is 5.75 Å². The van der Waals surface area contributed by atoms with Gasteiger partial charge in [-0.05, 0) is 26.0 Å². The fourth-order valence-corrected chi connectivity index (χ4v) is 1.92. The second-order valence-electron chi connectivity index (χ2n) is 4.36. The first-order chi connectivity index (χ1) is 7.44. The molecule has 0 spiro atoms. The smallest absolute Gasteiger partial charge is 0.309 e. The predicted octanol–water partition coefficient (Wildman–Crippen LogP) is -0.505. The van der Waals surface area contributed by atoms with Crippen LogP contribution in [0.3, 0.4) is 0 Å². The molecule has 5 nitrogen and oxygen atoms in total. The molecule has 0 bridgehead atoms. The second-order valence-corrected chi connectivity index (χ2v) is 5.23. The second kappa shape index (κ2) is 5.54. The molecule has 0 aliphatic heterocycles. The minimum atomic E-state index is -0.977. The average molecular weight is 246 g/mol. The van der Waals surface area contributed by atoms with Crippen LogP contribution in [0.4, 0.5) is 0 Å². The molecule has 0 aromatic carbocycles. The molecule has 1 saturated carbocycles. The number of hydrogen-bond acceptors (Lipinski definition) is 4. The number of carbonyl (C=O) groups is 2. The summed E-state index contributed by atoms with van der Waals surface area (Å²) < 4.78 is 0. The first kappa shape index (κ1) is 13.3. The third-order valence-corrected chi connectivity index (χ3v) is 3.11. The topological polar surface area (TPSA) is 78.4 Å². The van der Waals surface area contributed by atoms with Gasteiger partial charge in [0.15, 0.2) is 0 Å². The minimum Gasteiger partial charge on any atom is -0.387 e. The molecule has 92 valence electrons. The predicted molar refractivity (Wildman–Crippen MR) is 63.2 cm³/mol. The summed E-state index contributed by atoms with van der Waals surface area (Å²) in [6.07, 6.45) is 3.77. The zero-order valence-electron chi connectivity index (χ0n) is 9.58. The molecule has 0 radical (unpaired) electrons. The third-order valence-electron chi connectivity index (χ3n) is 2.20. The van der Waals surface area contributed by atoms with E-state index in [1.165, 1.54) is 11.8 Å². The van der Waals surface area contributed by atoms with Crippen molar-refractivity contribution in [1.82, 2.24) is 10.6 Å². The zero-order chi connectivity index (χ0) is 12.2. The molecule has 0 aromatic heterocycles. The van der Waals surface area contributed by atoms with Gasteiger partial charge in [0, 0.05) is 18.3 Å². The van der Waals surface area contributed by atoms with Crippen molar-refractivity contribution in [2.45, 2.75) is 31.4 Å². The SMILES string of the molecule is CSC[C@@](C)(O)CNC(=O)C(=O)NC1CC1. The van der Waals surface area contributed by atoms with Crippen molar-refractivity contribution in [2.24, 2.45) is 0 Å². The Morgan fingerprint density at radius 2 is 2.06 bits per heavy atom. The van der Waals surface area contributed by atoms with Crippen LogP contribution in [0.2, 0.25) is 0 Å². The number of amides is 2. The van der Waals surface area contributed by atoms with E-state index in [4.69, 9.17) is 0 Å². The van der Waals surface area contributed by atoms with E-state index in [9.17, 15) is 14.7 Å². The van der Waals surface area contributed by atoms with E-state index in [2.05, 4.69) is 10.6 Å². The Morgan fingerprint density at radius 1 is 1.44 bits per heavy atom. The van der Waals surface area contributed by atoms with Crippen molar-refractivity contribution in [1.29, 1.82) is 0 Å². The standard InChI is InChI=1S/C10H18N2O3S/c1-10(15,6-16-2)5-11-8(13)9(14)12-7-3-4-7/h7,15H,3-6H2,1-2H3,(H,11,13)(H,12,14)/t10-/m0/s1. The zero-order valence-corrected chi connectivity index (χ0v) is 10.4. The Hall–Kier alpha value is -0.750. The van der Waals surface area contributed by atoms with E-state index in [1.807, 2.05) is 6.26 Å². The van der Waals surface area contributed by atoms with E-state index in [0.717, 1.165) is 12.8 Å². The van der Waals surface area contributed by atoms with Crippen LogP contribution in [0.1, 0.15) is 19.8 Å². The highest BCUT2D eigenvalue weighted by molar-refractivity contribution is 7.98. The van der Waals surface area contributed by atoms with Crippen LogP contribution in [0.15, 0.2) is 0 Å². The molecule has 1 atom stereocenters. The Morgan fingerprint density at radius 3 is 2.56 bits per heavy atom. The van der Waals surface area contributed by atoms with Gasteiger partial charge in [-0.3, -0.25) is 9.59 Å². The Bertz CT molecular complexity index is 277. The molecule has 1 rings (SSSR count). The number of aliphatic hydroxyl groups is 1. The van der Waals surface area contributed by atoms with Gasteiger partial charge in [0.25, 0.3) is 0 Å². The Labute approximate surface area is 99.4 Å². The van der Waals surface area contributed by atoms with Gasteiger partial charge in [-0.2, -0.15) is 11.8 Å². The summed E-state index contributed by atoms with van der Waals surface area (Å²) in [5.74, 6) is -0.770. The van der Waals surface area contributed by atoms with Crippen molar-refractivity contribution in [3.8, 4) is 0 Å². The fraction of sp³-hybridized carbons (Fsp3) is 0.800. The molecule has 2 amide bonds. The first-order valence-corrected chi connectivity index (χ1v) is 6.64. The van der Waals surface area contributed by atoms with E-state index in [-0.39, 0.29) is 12.6 Å². The van der Waals surface area contributed by atoms with Crippen LogP contribution in [0.25, 0.3) is 0 Å². The molecule has 3 N–H and O–H groups in total. The van der Waals surface area contributed by atoms with Gasteiger partial charge < -0.3 is 15.7 Å². The highest BCUT2D eigenvalue weighted by Crippen LogP contribution is 2.18. The summed E-state index contributed by atoms with van der Waals surface area (Å²) in [5.41, 5.74) is -0.977. The van der Waals surface area contributed by atoms with Crippen molar-refractivity contribution >= 4 is 23.6 Å². The Kier molecular flexibility index (Phi) is 4.61. The summed E-state index contributed by atoms with van der Waals surface area (Å²) in [6, 6.07) is 0.171. The molecule has 0 heterocycles. The van der Waals surface area contributed by atoms with Crippen molar-refractivity contribution in [3.05, 3.63) is 0 Å². The van der Waals surface area contributed by atoms with Gasteiger partial charge in [-0.25, -0.2) is 0 Å². The summed E-state index contributed by atoms with van der Waals surface area (Å²) >= 11 is 1.49. The van der Waals surface area contributed by atoms with Crippen LogP contribution in [-0.2, 0) is 9.59 Å². The molecular weight excluding hydrogens is 228 g/mol. The van der Waals surface area contributed by atoms with Crippen LogP contribution >= 0.6 is 11.8 Å². The lowest BCUT2D eigenvalue weighted by atomic mass is 10.1. The summed E-state index contributed by atoms with van der Waals surface area (Å²) in [7, 11) is 0. The highest BCUT2D eigenvalue weighted by Gasteiger charge is 2.27. The average Bonchev–Trinajstić information content (AvgIpc) is 2.98. The molecule has 1 aliphatic rings. The first-order valence-electron chi connectivity index (χ1n) is 5.24. The normalized spacial score (nSPS) is 18.7. The van der Waals surface area contributed by atoms with Gasteiger partial charge in [-0.15, -0.1) is 0 Å². The van der Waals surface area contributed by atoms with Crippen molar-refractivity contribution in [3.63, 3.8) is 0 Å². The van der Waals surface area contributed by atoms with Crippen LogP contribution in [0.5, 0.6) is 0 Å². The molecule has 0 unspecified atom stereocenters. The number of thioether (sulfide) groups is 1. The van der Waals surface area contributed by atoms with E-state index >= 15 is 0 Å². The summed E-state index contributed by atoms with van der Waals surface area (Å²) in [5, 5.41) is 14.8.